The number of carbonyl (C=O) groups is 1. The van der Waals surface area contributed by atoms with E-state index in [1.165, 1.54) is 0 Å². The summed E-state index contributed by atoms with van der Waals surface area (Å²) in [6.45, 7) is 4.94. The summed E-state index contributed by atoms with van der Waals surface area (Å²) in [5.41, 5.74) is 0.858. The number of hydrogen-bond acceptors (Lipinski definition) is 4. The van der Waals surface area contributed by atoms with Crippen molar-refractivity contribution in [3.8, 4) is 0 Å². The standard InChI is InChI=1S/C14H19Cl2N3O2/c1-2-5-17-14(20)11-9-21-7-6-19(11)8-10-3-4-12(15)18-13(10)16/h3-4,11H,2,5-9H2,1H3,(H,17,20). The third-order valence-corrected chi connectivity index (χ3v) is 3.89. The highest BCUT2D eigenvalue weighted by Crippen LogP contribution is 2.20. The lowest BCUT2D eigenvalue weighted by Crippen LogP contribution is -2.53. The summed E-state index contributed by atoms with van der Waals surface area (Å²) in [5, 5.41) is 3.65. The minimum absolute atomic E-state index is 0.00500. The number of pyridine rings is 1. The normalized spacial score (nSPS) is 19.5. The molecule has 2 rings (SSSR count). The molecular weight excluding hydrogens is 313 g/mol. The molecule has 0 radical (unpaired) electrons. The van der Waals surface area contributed by atoms with Crippen molar-refractivity contribution >= 4 is 29.1 Å². The van der Waals surface area contributed by atoms with E-state index in [2.05, 4.69) is 15.2 Å². The smallest absolute Gasteiger partial charge is 0.239 e. The second-order valence-electron chi connectivity index (χ2n) is 4.94. The monoisotopic (exact) mass is 331 g/mol. The lowest BCUT2D eigenvalue weighted by molar-refractivity contribution is -0.132. The number of morpholine rings is 1. The molecule has 1 amide bonds. The minimum Gasteiger partial charge on any atom is -0.378 e. The van der Waals surface area contributed by atoms with E-state index in [-0.39, 0.29) is 11.9 Å². The first kappa shape index (κ1) is 16.5. The van der Waals surface area contributed by atoms with Crippen molar-refractivity contribution in [2.24, 2.45) is 0 Å². The molecule has 1 aromatic heterocycles. The molecule has 1 aliphatic heterocycles. The van der Waals surface area contributed by atoms with Crippen molar-refractivity contribution in [2.75, 3.05) is 26.3 Å². The molecule has 21 heavy (non-hydrogen) atoms. The Labute approximate surface area is 134 Å². The van der Waals surface area contributed by atoms with Gasteiger partial charge in [0.15, 0.2) is 0 Å². The zero-order chi connectivity index (χ0) is 15.2. The number of halogens is 2. The van der Waals surface area contributed by atoms with Gasteiger partial charge >= 0.3 is 0 Å². The highest BCUT2D eigenvalue weighted by atomic mass is 35.5. The van der Waals surface area contributed by atoms with Crippen LogP contribution in [0, 0.1) is 0 Å². The van der Waals surface area contributed by atoms with Gasteiger partial charge in [-0.2, -0.15) is 0 Å². The Morgan fingerprint density at radius 2 is 2.33 bits per heavy atom. The molecule has 0 saturated carbocycles. The SMILES string of the molecule is CCCNC(=O)C1COCCN1Cc1ccc(Cl)nc1Cl. The lowest BCUT2D eigenvalue weighted by atomic mass is 10.1. The zero-order valence-electron chi connectivity index (χ0n) is 11.9. The van der Waals surface area contributed by atoms with Crippen LogP contribution >= 0.6 is 23.2 Å². The predicted molar refractivity (Wildman–Crippen MR) is 82.6 cm³/mol. The summed E-state index contributed by atoms with van der Waals surface area (Å²) in [7, 11) is 0. The molecule has 1 unspecified atom stereocenters. The fourth-order valence-electron chi connectivity index (χ4n) is 2.21. The Hall–Kier alpha value is -0.880. The van der Waals surface area contributed by atoms with Gasteiger partial charge in [0.25, 0.3) is 0 Å². The molecule has 1 saturated heterocycles. The van der Waals surface area contributed by atoms with Gasteiger partial charge in [-0.1, -0.05) is 36.2 Å². The Balaban J connectivity index is 2.06. The summed E-state index contributed by atoms with van der Waals surface area (Å²) in [4.78, 5) is 18.3. The summed E-state index contributed by atoms with van der Waals surface area (Å²) < 4.78 is 5.43. The third-order valence-electron chi connectivity index (χ3n) is 3.36. The van der Waals surface area contributed by atoms with Gasteiger partial charge in [-0.25, -0.2) is 4.98 Å². The van der Waals surface area contributed by atoms with Crippen molar-refractivity contribution in [3.05, 3.63) is 28.0 Å². The van der Waals surface area contributed by atoms with Gasteiger partial charge in [0.05, 0.1) is 13.2 Å². The molecule has 7 heteroatoms. The molecular formula is C14H19Cl2N3O2. The van der Waals surface area contributed by atoms with Crippen molar-refractivity contribution in [2.45, 2.75) is 25.9 Å². The van der Waals surface area contributed by atoms with Gasteiger partial charge in [0, 0.05) is 25.2 Å². The van der Waals surface area contributed by atoms with Crippen LogP contribution in [0.25, 0.3) is 0 Å². The fraction of sp³-hybridized carbons (Fsp3) is 0.571. The predicted octanol–water partition coefficient (Wildman–Crippen LogP) is 2.12. The van der Waals surface area contributed by atoms with Crippen molar-refractivity contribution < 1.29 is 9.53 Å². The summed E-state index contributed by atoms with van der Waals surface area (Å²) in [6.07, 6.45) is 0.909. The summed E-state index contributed by atoms with van der Waals surface area (Å²) >= 11 is 11.9. The second-order valence-corrected chi connectivity index (χ2v) is 5.68. The van der Waals surface area contributed by atoms with Crippen LogP contribution < -0.4 is 5.32 Å². The molecule has 5 nitrogen and oxygen atoms in total. The molecule has 0 spiro atoms. The van der Waals surface area contributed by atoms with E-state index in [4.69, 9.17) is 27.9 Å². The number of ether oxygens (including phenoxy) is 1. The maximum absolute atomic E-state index is 12.2. The molecule has 116 valence electrons. The van der Waals surface area contributed by atoms with Crippen molar-refractivity contribution in [1.82, 2.24) is 15.2 Å². The minimum atomic E-state index is -0.294. The third kappa shape index (κ3) is 4.54. The number of amides is 1. The van der Waals surface area contributed by atoms with Crippen molar-refractivity contribution in [3.63, 3.8) is 0 Å². The first-order chi connectivity index (χ1) is 10.1. The van der Waals surface area contributed by atoms with Crippen LogP contribution in [0.2, 0.25) is 10.3 Å². The topological polar surface area (TPSA) is 54.5 Å². The Bertz CT molecular complexity index is 499. The largest absolute Gasteiger partial charge is 0.378 e. The van der Waals surface area contributed by atoms with E-state index in [0.717, 1.165) is 12.0 Å². The molecule has 0 bridgehead atoms. The molecule has 0 aliphatic carbocycles. The molecule has 1 aliphatic rings. The number of aromatic nitrogens is 1. The van der Waals surface area contributed by atoms with E-state index in [0.29, 0.717) is 43.2 Å². The van der Waals surface area contributed by atoms with Gasteiger partial charge < -0.3 is 10.1 Å². The first-order valence-corrected chi connectivity index (χ1v) is 7.78. The molecule has 0 aromatic carbocycles. The van der Waals surface area contributed by atoms with E-state index >= 15 is 0 Å². The molecule has 1 atom stereocenters. The average molecular weight is 332 g/mol. The average Bonchev–Trinajstić information content (AvgIpc) is 2.48. The van der Waals surface area contributed by atoms with Crippen LogP contribution in [0.4, 0.5) is 0 Å². The number of nitrogens with one attached hydrogen (secondary N) is 1. The van der Waals surface area contributed by atoms with E-state index in [1.54, 1.807) is 6.07 Å². The lowest BCUT2D eigenvalue weighted by Gasteiger charge is -2.34. The Morgan fingerprint density at radius 3 is 3.05 bits per heavy atom. The number of carbonyl (C=O) groups excluding carboxylic acids is 1. The zero-order valence-corrected chi connectivity index (χ0v) is 13.5. The Kier molecular flexibility index (Phi) is 6.23. The highest BCUT2D eigenvalue weighted by Gasteiger charge is 2.29. The van der Waals surface area contributed by atoms with E-state index in [1.807, 2.05) is 13.0 Å². The molecule has 1 N–H and O–H groups in total. The van der Waals surface area contributed by atoms with Crippen LogP contribution in [-0.4, -0.2) is 48.1 Å². The summed E-state index contributed by atoms with van der Waals surface area (Å²) in [6, 6.07) is 3.25. The van der Waals surface area contributed by atoms with Crippen LogP contribution in [0.1, 0.15) is 18.9 Å². The molecule has 2 heterocycles. The van der Waals surface area contributed by atoms with Crippen LogP contribution in [0.15, 0.2) is 12.1 Å². The van der Waals surface area contributed by atoms with Gasteiger partial charge in [0.2, 0.25) is 5.91 Å². The number of hydrogen-bond donors (Lipinski definition) is 1. The Morgan fingerprint density at radius 1 is 1.52 bits per heavy atom. The van der Waals surface area contributed by atoms with Crippen molar-refractivity contribution in [1.29, 1.82) is 0 Å². The number of rotatable bonds is 5. The van der Waals surface area contributed by atoms with E-state index < -0.39 is 0 Å². The highest BCUT2D eigenvalue weighted by molar-refractivity contribution is 6.32. The fourth-order valence-corrected chi connectivity index (χ4v) is 2.62. The van der Waals surface area contributed by atoms with E-state index in [9.17, 15) is 4.79 Å². The molecule has 1 aromatic rings. The molecule has 1 fully saturated rings. The van der Waals surface area contributed by atoms with Gasteiger partial charge in [-0.3, -0.25) is 9.69 Å². The maximum atomic E-state index is 12.2. The van der Waals surface area contributed by atoms with Crippen LogP contribution in [0.5, 0.6) is 0 Å². The van der Waals surface area contributed by atoms with Gasteiger partial charge in [0.1, 0.15) is 16.3 Å². The quantitative estimate of drug-likeness (QED) is 0.839. The van der Waals surface area contributed by atoms with Gasteiger partial charge in [-0.05, 0) is 12.5 Å². The first-order valence-electron chi connectivity index (χ1n) is 7.02. The summed E-state index contributed by atoms with van der Waals surface area (Å²) in [5.74, 6) is -0.00500. The van der Waals surface area contributed by atoms with Crippen LogP contribution in [0.3, 0.4) is 0 Å². The maximum Gasteiger partial charge on any atom is 0.239 e. The van der Waals surface area contributed by atoms with Gasteiger partial charge in [-0.15, -0.1) is 0 Å². The second kappa shape index (κ2) is 7.94. The number of nitrogens with zero attached hydrogens (tertiary/aromatic N) is 2. The van der Waals surface area contributed by atoms with Crippen LogP contribution in [-0.2, 0) is 16.1 Å².